The molecule has 4 aliphatic rings. The molecule has 0 amide bonds. The summed E-state index contributed by atoms with van der Waals surface area (Å²) in [5, 5.41) is 20.7. The molecular formula is C27H37NO9. The van der Waals surface area contributed by atoms with Crippen molar-refractivity contribution < 1.29 is 38.9 Å². The van der Waals surface area contributed by atoms with E-state index in [1.54, 1.807) is 12.2 Å². The number of unbranched alkanes of at least 4 members (excludes halogenated alkanes) is 1. The predicted octanol–water partition coefficient (Wildman–Crippen LogP) is 3.84. The number of hydrogen-bond acceptors (Lipinski definition) is 9. The highest BCUT2D eigenvalue weighted by molar-refractivity contribution is 6.01. The minimum atomic E-state index is -0.946. The third-order valence-electron chi connectivity index (χ3n) is 9.47. The van der Waals surface area contributed by atoms with E-state index in [2.05, 4.69) is 25.6 Å². The summed E-state index contributed by atoms with van der Waals surface area (Å²) in [5.74, 6) is 0.0739. The van der Waals surface area contributed by atoms with Crippen LogP contribution in [0.5, 0.6) is 0 Å². The molecule has 0 aromatic rings. The van der Waals surface area contributed by atoms with Crippen LogP contribution < -0.4 is 0 Å². The number of rotatable bonds is 9. The van der Waals surface area contributed by atoms with E-state index in [1.807, 2.05) is 6.08 Å². The topological polar surface area (TPSA) is 142 Å². The van der Waals surface area contributed by atoms with E-state index in [-0.39, 0.29) is 66.4 Å². The number of fused-ring (bicyclic) bond motifs is 5. The SMILES string of the molecule is CC1CC2C3CCC4=CC(=O)C=CC4(C)C3C(O)CC2(C)C1C(=O)COC(=O)OCCCCO[N+](=O)[O-]. The Hall–Kier alpha value is -2.75. The lowest BCUT2D eigenvalue weighted by Gasteiger charge is -2.58. The molecule has 10 heteroatoms. The Kier molecular flexibility index (Phi) is 7.78. The summed E-state index contributed by atoms with van der Waals surface area (Å²) in [5.41, 5.74) is 0.332. The van der Waals surface area contributed by atoms with Gasteiger partial charge in [0.05, 0.1) is 19.3 Å². The molecule has 4 rings (SSSR count). The van der Waals surface area contributed by atoms with Gasteiger partial charge in [0.1, 0.15) is 0 Å². The zero-order valence-electron chi connectivity index (χ0n) is 21.7. The van der Waals surface area contributed by atoms with Crippen molar-refractivity contribution in [3.63, 3.8) is 0 Å². The van der Waals surface area contributed by atoms with Crippen LogP contribution in [-0.2, 0) is 23.9 Å². The number of carbonyl (C=O) groups is 3. The molecule has 204 valence electrons. The molecule has 8 atom stereocenters. The second-order valence-electron chi connectivity index (χ2n) is 11.6. The average Bonchev–Trinajstić information content (AvgIpc) is 3.09. The molecule has 0 radical (unpaired) electrons. The van der Waals surface area contributed by atoms with Gasteiger partial charge in [0.15, 0.2) is 18.2 Å². The minimum Gasteiger partial charge on any atom is -0.434 e. The largest absolute Gasteiger partial charge is 0.508 e. The van der Waals surface area contributed by atoms with Gasteiger partial charge >= 0.3 is 6.16 Å². The van der Waals surface area contributed by atoms with E-state index in [1.165, 1.54) is 0 Å². The molecule has 0 aromatic carbocycles. The van der Waals surface area contributed by atoms with Gasteiger partial charge in [-0.2, -0.15) is 0 Å². The first-order valence-corrected chi connectivity index (χ1v) is 13.2. The first-order chi connectivity index (χ1) is 17.5. The molecule has 0 saturated heterocycles. The highest BCUT2D eigenvalue weighted by Gasteiger charge is 2.64. The second kappa shape index (κ2) is 10.6. The standard InChI is InChI=1S/C27H37NO9/c1-16-12-20-19-7-6-17-13-18(29)8-9-26(17,2)24(19)21(30)14-27(20,3)23(16)22(31)15-36-25(32)35-10-4-5-11-37-28(33)34/h8-9,13,16,19-21,23-24,30H,4-7,10-12,14-15H2,1-3H3. The Balaban J connectivity index is 1.37. The molecule has 0 aliphatic heterocycles. The van der Waals surface area contributed by atoms with Crippen molar-refractivity contribution in [2.24, 2.45) is 40.4 Å². The second-order valence-corrected chi connectivity index (χ2v) is 11.6. The third-order valence-corrected chi connectivity index (χ3v) is 9.47. The maximum atomic E-state index is 13.3. The first kappa shape index (κ1) is 27.3. The van der Waals surface area contributed by atoms with Crippen LogP contribution in [0.3, 0.4) is 0 Å². The lowest BCUT2D eigenvalue weighted by molar-refractivity contribution is -0.757. The summed E-state index contributed by atoms with van der Waals surface area (Å²) >= 11 is 0. The van der Waals surface area contributed by atoms with Gasteiger partial charge in [-0.3, -0.25) is 9.59 Å². The van der Waals surface area contributed by atoms with Crippen molar-refractivity contribution in [1.82, 2.24) is 0 Å². The Bertz CT molecular complexity index is 1010. The molecular weight excluding hydrogens is 482 g/mol. The Morgan fingerprint density at radius 1 is 1.22 bits per heavy atom. The fraction of sp³-hybridized carbons (Fsp3) is 0.741. The number of ketones is 2. The van der Waals surface area contributed by atoms with Crippen LogP contribution in [0.1, 0.15) is 59.3 Å². The molecule has 0 heterocycles. The maximum absolute atomic E-state index is 13.3. The molecule has 0 aromatic heterocycles. The molecule has 10 nitrogen and oxygen atoms in total. The highest BCUT2D eigenvalue weighted by atomic mass is 16.9. The van der Waals surface area contributed by atoms with Gasteiger partial charge in [0, 0.05) is 17.3 Å². The summed E-state index contributed by atoms with van der Waals surface area (Å²) in [4.78, 5) is 51.6. The van der Waals surface area contributed by atoms with Gasteiger partial charge in [-0.15, -0.1) is 10.1 Å². The summed E-state index contributed by atoms with van der Waals surface area (Å²) < 4.78 is 10.1. The van der Waals surface area contributed by atoms with Crippen LogP contribution in [0, 0.1) is 50.5 Å². The lowest BCUT2D eigenvalue weighted by Crippen LogP contribution is -2.56. The van der Waals surface area contributed by atoms with Crippen molar-refractivity contribution in [2.75, 3.05) is 19.8 Å². The van der Waals surface area contributed by atoms with Gasteiger partial charge < -0.3 is 19.4 Å². The van der Waals surface area contributed by atoms with Crippen LogP contribution in [-0.4, -0.2) is 53.8 Å². The van der Waals surface area contributed by atoms with E-state index in [4.69, 9.17) is 9.47 Å². The molecule has 4 aliphatic carbocycles. The van der Waals surface area contributed by atoms with Gasteiger partial charge in [-0.1, -0.05) is 32.4 Å². The number of allylic oxidation sites excluding steroid dienone is 4. The van der Waals surface area contributed by atoms with Crippen LogP contribution in [0.15, 0.2) is 23.8 Å². The number of aliphatic hydroxyl groups is 1. The molecule has 37 heavy (non-hydrogen) atoms. The third kappa shape index (κ3) is 5.17. The predicted molar refractivity (Wildman–Crippen MR) is 131 cm³/mol. The first-order valence-electron chi connectivity index (χ1n) is 13.2. The number of carbonyl (C=O) groups excluding carboxylic acids is 3. The monoisotopic (exact) mass is 519 g/mol. The van der Waals surface area contributed by atoms with E-state index < -0.39 is 22.8 Å². The van der Waals surface area contributed by atoms with E-state index in [0.29, 0.717) is 19.3 Å². The molecule has 1 N–H and O–H groups in total. The van der Waals surface area contributed by atoms with Crippen molar-refractivity contribution in [2.45, 2.75) is 65.4 Å². The number of ether oxygens (including phenoxy) is 2. The van der Waals surface area contributed by atoms with Crippen LogP contribution in [0.4, 0.5) is 4.79 Å². The van der Waals surface area contributed by atoms with Gasteiger partial charge in [-0.25, -0.2) is 4.79 Å². The number of nitrogens with zero attached hydrogens (tertiary/aromatic N) is 1. The Labute approximate surface area is 216 Å². The average molecular weight is 520 g/mol. The molecule has 8 unspecified atom stereocenters. The molecule has 0 bridgehead atoms. The van der Waals surface area contributed by atoms with Crippen LogP contribution >= 0.6 is 0 Å². The zero-order valence-corrected chi connectivity index (χ0v) is 21.7. The quantitative estimate of drug-likeness (QED) is 0.208. The molecule has 3 saturated carbocycles. The van der Waals surface area contributed by atoms with Gasteiger partial charge in [0.25, 0.3) is 5.09 Å². The number of aliphatic hydroxyl groups excluding tert-OH is 1. The van der Waals surface area contributed by atoms with Crippen LogP contribution in [0.2, 0.25) is 0 Å². The fourth-order valence-corrected chi connectivity index (χ4v) is 8.14. The van der Waals surface area contributed by atoms with Crippen molar-refractivity contribution in [3.8, 4) is 0 Å². The number of hydrogen-bond donors (Lipinski definition) is 1. The molecule has 0 spiro atoms. The van der Waals surface area contributed by atoms with Crippen molar-refractivity contribution >= 4 is 17.7 Å². The highest BCUT2D eigenvalue weighted by Crippen LogP contribution is 2.67. The molecule has 3 fully saturated rings. The minimum absolute atomic E-state index is 0.00189. The summed E-state index contributed by atoms with van der Waals surface area (Å²) in [6.45, 7) is 5.83. The van der Waals surface area contributed by atoms with E-state index in [9.17, 15) is 29.6 Å². The van der Waals surface area contributed by atoms with Gasteiger partial charge in [-0.05, 0) is 73.8 Å². The lowest BCUT2D eigenvalue weighted by atomic mass is 9.46. The van der Waals surface area contributed by atoms with E-state index in [0.717, 1.165) is 24.8 Å². The summed E-state index contributed by atoms with van der Waals surface area (Å²) in [7, 11) is 0. The zero-order chi connectivity index (χ0) is 27.0. The van der Waals surface area contributed by atoms with E-state index >= 15 is 0 Å². The normalized spacial score (nSPS) is 38.1. The number of Topliss-reactive ketones (excluding diaryl/α,β-unsaturated/α-hetero) is 1. The maximum Gasteiger partial charge on any atom is 0.508 e. The van der Waals surface area contributed by atoms with Crippen molar-refractivity contribution in [1.29, 1.82) is 0 Å². The fourth-order valence-electron chi connectivity index (χ4n) is 8.14. The van der Waals surface area contributed by atoms with Crippen molar-refractivity contribution in [3.05, 3.63) is 33.9 Å². The van der Waals surface area contributed by atoms with Gasteiger partial charge in [0.2, 0.25) is 0 Å². The summed E-state index contributed by atoms with van der Waals surface area (Å²) in [6.07, 6.45) is 7.54. The Morgan fingerprint density at radius 3 is 2.68 bits per heavy atom. The van der Waals surface area contributed by atoms with Crippen LogP contribution in [0.25, 0.3) is 0 Å². The Morgan fingerprint density at radius 2 is 1.95 bits per heavy atom. The summed E-state index contributed by atoms with van der Waals surface area (Å²) in [6, 6.07) is 0. The smallest absolute Gasteiger partial charge is 0.434 e.